The minimum atomic E-state index is -0.889. The number of amides is 2. The molecule has 0 aliphatic carbocycles. The molecule has 0 aromatic heterocycles. The zero-order chi connectivity index (χ0) is 20.1. The summed E-state index contributed by atoms with van der Waals surface area (Å²) in [6, 6.07) is 15.6. The first-order valence-electron chi connectivity index (χ1n) is 8.28. The average molecular weight is 382 g/mol. The molecule has 28 heavy (non-hydrogen) atoms. The summed E-state index contributed by atoms with van der Waals surface area (Å²) in [6.45, 7) is 0. The zero-order valence-electron chi connectivity index (χ0n) is 14.8. The van der Waals surface area contributed by atoms with E-state index in [1.54, 1.807) is 30.3 Å². The third-order valence-electron chi connectivity index (χ3n) is 3.89. The molecule has 3 aromatic carbocycles. The molecule has 0 heterocycles. The Kier molecular flexibility index (Phi) is 5.64. The number of nitrogens with one attached hydrogen (secondary N) is 2. The van der Waals surface area contributed by atoms with E-state index >= 15 is 0 Å². The van der Waals surface area contributed by atoms with Crippen LogP contribution in [0.1, 0.15) is 20.7 Å². The highest BCUT2D eigenvalue weighted by Crippen LogP contribution is 2.19. The van der Waals surface area contributed by atoms with E-state index in [2.05, 4.69) is 10.6 Å². The van der Waals surface area contributed by atoms with Crippen molar-refractivity contribution in [3.63, 3.8) is 0 Å². The molecule has 0 atom stereocenters. The van der Waals surface area contributed by atoms with Gasteiger partial charge in [0.2, 0.25) is 0 Å². The van der Waals surface area contributed by atoms with E-state index in [0.29, 0.717) is 17.5 Å². The SMILES string of the molecule is COc1cccc(NC(=O)c2cccc(C(=O)Nc3ccc(F)cc3F)c2)c1. The summed E-state index contributed by atoms with van der Waals surface area (Å²) in [5, 5.41) is 5.07. The van der Waals surface area contributed by atoms with Gasteiger partial charge in [-0.25, -0.2) is 8.78 Å². The third kappa shape index (κ3) is 4.50. The molecule has 3 aromatic rings. The second-order valence-corrected chi connectivity index (χ2v) is 5.85. The first-order chi connectivity index (χ1) is 13.5. The second-order valence-electron chi connectivity index (χ2n) is 5.85. The van der Waals surface area contributed by atoms with Crippen LogP contribution >= 0.6 is 0 Å². The van der Waals surface area contributed by atoms with Crippen molar-refractivity contribution >= 4 is 23.2 Å². The molecule has 0 spiro atoms. The fourth-order valence-electron chi connectivity index (χ4n) is 2.49. The van der Waals surface area contributed by atoms with Crippen LogP contribution in [0.15, 0.2) is 66.7 Å². The Morgan fingerprint density at radius 1 is 0.821 bits per heavy atom. The van der Waals surface area contributed by atoms with Gasteiger partial charge < -0.3 is 15.4 Å². The van der Waals surface area contributed by atoms with Crippen molar-refractivity contribution in [1.29, 1.82) is 0 Å². The number of carbonyl (C=O) groups is 2. The lowest BCUT2D eigenvalue weighted by Gasteiger charge is -2.09. The Labute approximate surface area is 160 Å². The summed E-state index contributed by atoms with van der Waals surface area (Å²) >= 11 is 0. The van der Waals surface area contributed by atoms with Crippen molar-refractivity contribution in [3.8, 4) is 5.75 Å². The lowest BCUT2D eigenvalue weighted by atomic mass is 10.1. The molecular formula is C21H16F2N2O3. The molecule has 0 fully saturated rings. The van der Waals surface area contributed by atoms with Crippen molar-refractivity contribution in [2.45, 2.75) is 0 Å². The quantitative estimate of drug-likeness (QED) is 0.684. The lowest BCUT2D eigenvalue weighted by Crippen LogP contribution is -2.16. The van der Waals surface area contributed by atoms with Gasteiger partial charge in [-0.05, 0) is 42.5 Å². The summed E-state index contributed by atoms with van der Waals surface area (Å²) in [4.78, 5) is 24.8. The molecule has 0 aliphatic heterocycles. The van der Waals surface area contributed by atoms with Crippen molar-refractivity contribution in [2.75, 3.05) is 17.7 Å². The maximum Gasteiger partial charge on any atom is 0.255 e. The van der Waals surface area contributed by atoms with Gasteiger partial charge in [-0.2, -0.15) is 0 Å². The predicted molar refractivity (Wildman–Crippen MR) is 102 cm³/mol. The number of carbonyl (C=O) groups excluding carboxylic acids is 2. The molecule has 3 rings (SSSR count). The number of rotatable bonds is 5. The molecule has 0 saturated carbocycles. The number of ether oxygens (including phenoxy) is 1. The van der Waals surface area contributed by atoms with Crippen LogP contribution in [0, 0.1) is 11.6 Å². The highest BCUT2D eigenvalue weighted by molar-refractivity contribution is 6.08. The van der Waals surface area contributed by atoms with Crippen LogP contribution in [0.4, 0.5) is 20.2 Å². The van der Waals surface area contributed by atoms with Crippen molar-refractivity contribution in [1.82, 2.24) is 0 Å². The highest BCUT2D eigenvalue weighted by Gasteiger charge is 2.13. The van der Waals surface area contributed by atoms with Crippen molar-refractivity contribution < 1.29 is 23.1 Å². The number of halogens is 2. The smallest absolute Gasteiger partial charge is 0.255 e. The van der Waals surface area contributed by atoms with Gasteiger partial charge in [0.05, 0.1) is 12.8 Å². The van der Waals surface area contributed by atoms with Gasteiger partial charge in [0.15, 0.2) is 0 Å². The summed E-state index contributed by atoms with van der Waals surface area (Å²) < 4.78 is 31.8. The molecular weight excluding hydrogens is 366 g/mol. The van der Waals surface area contributed by atoms with E-state index in [1.165, 1.54) is 25.3 Å². The van der Waals surface area contributed by atoms with Crippen LogP contribution < -0.4 is 15.4 Å². The monoisotopic (exact) mass is 382 g/mol. The normalized spacial score (nSPS) is 10.2. The van der Waals surface area contributed by atoms with Gasteiger partial charge in [-0.3, -0.25) is 9.59 Å². The Morgan fingerprint density at radius 2 is 1.50 bits per heavy atom. The minimum Gasteiger partial charge on any atom is -0.497 e. The van der Waals surface area contributed by atoms with Crippen molar-refractivity contribution in [2.24, 2.45) is 0 Å². The summed E-state index contributed by atoms with van der Waals surface area (Å²) in [5.41, 5.74) is 0.780. The van der Waals surface area contributed by atoms with Gasteiger partial charge in [-0.15, -0.1) is 0 Å². The molecule has 2 amide bonds. The molecule has 0 radical (unpaired) electrons. The zero-order valence-corrected chi connectivity index (χ0v) is 14.8. The largest absolute Gasteiger partial charge is 0.497 e. The van der Waals surface area contributed by atoms with E-state index in [4.69, 9.17) is 4.74 Å². The van der Waals surface area contributed by atoms with Gasteiger partial charge in [0.1, 0.15) is 17.4 Å². The van der Waals surface area contributed by atoms with Gasteiger partial charge in [0.25, 0.3) is 11.8 Å². The fourth-order valence-corrected chi connectivity index (χ4v) is 2.49. The number of anilines is 2. The van der Waals surface area contributed by atoms with Crippen LogP contribution in [-0.4, -0.2) is 18.9 Å². The van der Waals surface area contributed by atoms with Crippen LogP contribution in [0.2, 0.25) is 0 Å². The highest BCUT2D eigenvalue weighted by atomic mass is 19.1. The summed E-state index contributed by atoms with van der Waals surface area (Å²) in [5.74, 6) is -2.09. The van der Waals surface area contributed by atoms with Crippen LogP contribution in [0.5, 0.6) is 5.75 Å². The maximum absolute atomic E-state index is 13.7. The van der Waals surface area contributed by atoms with Crippen molar-refractivity contribution in [3.05, 3.63) is 89.5 Å². The van der Waals surface area contributed by atoms with Crippen LogP contribution in [-0.2, 0) is 0 Å². The average Bonchev–Trinajstić information content (AvgIpc) is 2.70. The fraction of sp³-hybridized carbons (Fsp3) is 0.0476. The van der Waals surface area contributed by atoms with Gasteiger partial charge >= 0.3 is 0 Å². The first-order valence-corrected chi connectivity index (χ1v) is 8.28. The molecule has 2 N–H and O–H groups in total. The number of benzene rings is 3. The number of methoxy groups -OCH3 is 1. The Balaban J connectivity index is 1.75. The predicted octanol–water partition coefficient (Wildman–Crippen LogP) is 4.48. The van der Waals surface area contributed by atoms with E-state index in [1.807, 2.05) is 0 Å². The molecule has 5 nitrogen and oxygen atoms in total. The van der Waals surface area contributed by atoms with Crippen LogP contribution in [0.3, 0.4) is 0 Å². The maximum atomic E-state index is 13.7. The standard InChI is InChI=1S/C21H16F2N2O3/c1-28-17-7-3-6-16(12-17)24-20(26)13-4-2-5-14(10-13)21(27)25-19-9-8-15(22)11-18(19)23/h2-12H,1H3,(H,24,26)(H,25,27). The molecule has 7 heteroatoms. The summed E-state index contributed by atoms with van der Waals surface area (Å²) in [6.07, 6.45) is 0. The summed E-state index contributed by atoms with van der Waals surface area (Å²) in [7, 11) is 1.52. The molecule has 0 saturated heterocycles. The minimum absolute atomic E-state index is 0.155. The van der Waals surface area contributed by atoms with Gasteiger partial charge in [0, 0.05) is 28.9 Å². The Hall–Kier alpha value is -3.74. The molecule has 0 bridgehead atoms. The number of hydrogen-bond donors (Lipinski definition) is 2. The lowest BCUT2D eigenvalue weighted by molar-refractivity contribution is 0.102. The number of hydrogen-bond acceptors (Lipinski definition) is 3. The van der Waals surface area contributed by atoms with E-state index in [-0.39, 0.29) is 16.8 Å². The third-order valence-corrected chi connectivity index (χ3v) is 3.89. The second kappa shape index (κ2) is 8.30. The first kappa shape index (κ1) is 19.0. The molecule has 0 aliphatic rings. The van der Waals surface area contributed by atoms with Crippen LogP contribution in [0.25, 0.3) is 0 Å². The van der Waals surface area contributed by atoms with E-state index in [0.717, 1.165) is 12.1 Å². The van der Waals surface area contributed by atoms with E-state index < -0.39 is 23.4 Å². The molecule has 0 unspecified atom stereocenters. The Bertz CT molecular complexity index is 1040. The van der Waals surface area contributed by atoms with E-state index in [9.17, 15) is 18.4 Å². The topological polar surface area (TPSA) is 67.4 Å². The molecule has 142 valence electrons. The van der Waals surface area contributed by atoms with Gasteiger partial charge in [-0.1, -0.05) is 12.1 Å². The Morgan fingerprint density at radius 3 is 2.18 bits per heavy atom.